The molecule has 4 aliphatic rings. The van der Waals surface area contributed by atoms with Crippen molar-refractivity contribution in [3.05, 3.63) is 59.7 Å². The van der Waals surface area contributed by atoms with Crippen LogP contribution in [0.15, 0.2) is 48.5 Å². The first-order valence-electron chi connectivity index (χ1n) is 10.8. The van der Waals surface area contributed by atoms with E-state index in [1.165, 1.54) is 49.3 Å². The van der Waals surface area contributed by atoms with E-state index in [4.69, 9.17) is 9.84 Å². The molecule has 0 atom stereocenters. The number of ether oxygens (including phenoxy) is 1. The van der Waals surface area contributed by atoms with E-state index >= 15 is 0 Å². The Morgan fingerprint density at radius 3 is 2.14 bits per heavy atom. The molecule has 0 amide bonds. The van der Waals surface area contributed by atoms with E-state index in [1.807, 2.05) is 12.1 Å². The molecule has 150 valence electrons. The van der Waals surface area contributed by atoms with Crippen LogP contribution in [-0.2, 0) is 4.79 Å². The van der Waals surface area contributed by atoms with Crippen LogP contribution in [0.2, 0.25) is 0 Å². The molecule has 1 N–H and O–H groups in total. The number of carbonyl (C=O) groups is 1. The molecule has 0 unspecified atom stereocenters. The van der Waals surface area contributed by atoms with E-state index in [-0.39, 0.29) is 0 Å². The highest BCUT2D eigenvalue weighted by Gasteiger charge is 2.49. The topological polar surface area (TPSA) is 46.5 Å². The largest absolute Gasteiger partial charge is 0.496 e. The lowest BCUT2D eigenvalue weighted by Gasteiger charge is -2.54. The first-order chi connectivity index (χ1) is 14.1. The Kier molecular flexibility index (Phi) is 4.69. The minimum absolute atomic E-state index is 0.635. The molecular formula is C26H28O3. The Bertz CT molecular complexity index is 913. The van der Waals surface area contributed by atoms with Crippen LogP contribution in [-0.4, -0.2) is 18.2 Å². The average Bonchev–Trinajstić information content (AvgIpc) is 2.72. The third kappa shape index (κ3) is 3.48. The van der Waals surface area contributed by atoms with E-state index in [1.54, 1.807) is 13.2 Å². The maximum absolute atomic E-state index is 10.7. The molecule has 0 saturated heterocycles. The smallest absolute Gasteiger partial charge is 0.328 e. The molecule has 4 bridgehead atoms. The zero-order valence-corrected chi connectivity index (χ0v) is 16.9. The van der Waals surface area contributed by atoms with Crippen molar-refractivity contribution in [3.8, 4) is 16.9 Å². The zero-order valence-electron chi connectivity index (χ0n) is 16.9. The predicted molar refractivity (Wildman–Crippen MR) is 115 cm³/mol. The summed E-state index contributed by atoms with van der Waals surface area (Å²) in [6.45, 7) is 0. The van der Waals surface area contributed by atoms with Gasteiger partial charge in [-0.3, -0.25) is 0 Å². The molecule has 6 rings (SSSR count). The van der Waals surface area contributed by atoms with Crippen molar-refractivity contribution in [1.82, 2.24) is 0 Å². The number of benzene rings is 2. The van der Waals surface area contributed by atoms with E-state index < -0.39 is 5.97 Å². The van der Waals surface area contributed by atoms with Gasteiger partial charge in [0.25, 0.3) is 0 Å². The van der Waals surface area contributed by atoms with Gasteiger partial charge >= 0.3 is 5.97 Å². The third-order valence-corrected chi connectivity index (χ3v) is 7.48. The van der Waals surface area contributed by atoms with Crippen LogP contribution in [0.5, 0.6) is 5.75 Å². The Labute approximate surface area is 172 Å². The van der Waals surface area contributed by atoms with Crippen molar-refractivity contribution in [1.29, 1.82) is 0 Å². The van der Waals surface area contributed by atoms with Crippen LogP contribution in [0.4, 0.5) is 0 Å². The summed E-state index contributed by atoms with van der Waals surface area (Å²) < 4.78 is 5.80. The highest BCUT2D eigenvalue weighted by Crippen LogP contribution is 2.60. The number of hydrogen-bond acceptors (Lipinski definition) is 2. The van der Waals surface area contributed by atoms with E-state index in [0.29, 0.717) is 5.92 Å². The lowest BCUT2D eigenvalue weighted by Crippen LogP contribution is -2.43. The predicted octanol–water partition coefficient (Wildman–Crippen LogP) is 6.00. The molecule has 4 fully saturated rings. The molecule has 0 heterocycles. The van der Waals surface area contributed by atoms with E-state index in [2.05, 4.69) is 30.3 Å². The molecule has 4 aliphatic carbocycles. The lowest BCUT2D eigenvalue weighted by molar-refractivity contribution is -0.131. The Morgan fingerprint density at radius 1 is 0.931 bits per heavy atom. The van der Waals surface area contributed by atoms with Crippen LogP contribution < -0.4 is 4.74 Å². The van der Waals surface area contributed by atoms with Crippen LogP contribution in [0, 0.1) is 23.7 Å². The zero-order chi connectivity index (χ0) is 20.0. The fourth-order valence-electron chi connectivity index (χ4n) is 6.56. The molecule has 29 heavy (non-hydrogen) atoms. The summed E-state index contributed by atoms with van der Waals surface area (Å²) >= 11 is 0. The molecule has 0 radical (unpaired) electrons. The fourth-order valence-corrected chi connectivity index (χ4v) is 6.56. The van der Waals surface area contributed by atoms with Gasteiger partial charge in [-0.1, -0.05) is 30.3 Å². The van der Waals surface area contributed by atoms with Crippen LogP contribution in [0.3, 0.4) is 0 Å². The molecule has 2 aromatic carbocycles. The normalized spacial score (nSPS) is 30.0. The van der Waals surface area contributed by atoms with Gasteiger partial charge in [0.2, 0.25) is 0 Å². The second-order valence-electron chi connectivity index (χ2n) is 9.21. The summed E-state index contributed by atoms with van der Waals surface area (Å²) in [5, 5.41) is 8.80. The summed E-state index contributed by atoms with van der Waals surface area (Å²) in [5.74, 6) is 4.31. The van der Waals surface area contributed by atoms with Gasteiger partial charge in [-0.25, -0.2) is 4.79 Å². The third-order valence-electron chi connectivity index (χ3n) is 7.48. The first-order valence-corrected chi connectivity index (χ1v) is 10.8. The number of rotatable bonds is 5. The van der Waals surface area contributed by atoms with Gasteiger partial charge in [0.1, 0.15) is 5.75 Å². The second-order valence-corrected chi connectivity index (χ2v) is 9.21. The van der Waals surface area contributed by atoms with Gasteiger partial charge in [-0.05, 0) is 102 Å². The highest BCUT2D eigenvalue weighted by atomic mass is 16.5. The maximum Gasteiger partial charge on any atom is 0.328 e. The second kappa shape index (κ2) is 7.37. The average molecular weight is 389 g/mol. The van der Waals surface area contributed by atoms with Crippen molar-refractivity contribution in [2.75, 3.05) is 7.11 Å². The SMILES string of the molecule is COc1ccc(-c2ccc(/C=C/C(=O)O)cc2)cc1C1C2CC3CC(C2)CC1C3. The molecule has 0 spiro atoms. The molecule has 0 aromatic heterocycles. The number of methoxy groups -OCH3 is 1. The van der Waals surface area contributed by atoms with Crippen LogP contribution >= 0.6 is 0 Å². The van der Waals surface area contributed by atoms with Gasteiger partial charge in [0, 0.05) is 6.08 Å². The van der Waals surface area contributed by atoms with E-state index in [0.717, 1.165) is 40.5 Å². The number of carboxylic acid groups (broad SMARTS) is 1. The number of aliphatic carboxylic acids is 1. The van der Waals surface area contributed by atoms with Crippen LogP contribution in [0.25, 0.3) is 17.2 Å². The van der Waals surface area contributed by atoms with Crippen LogP contribution in [0.1, 0.15) is 49.1 Å². The lowest BCUT2D eigenvalue weighted by atomic mass is 9.50. The highest BCUT2D eigenvalue weighted by molar-refractivity contribution is 5.85. The first kappa shape index (κ1) is 18.5. The summed E-state index contributed by atoms with van der Waals surface area (Å²) in [6, 6.07) is 14.7. The summed E-state index contributed by atoms with van der Waals surface area (Å²) in [4.78, 5) is 10.7. The summed E-state index contributed by atoms with van der Waals surface area (Å²) in [7, 11) is 1.79. The fraction of sp³-hybridized carbons (Fsp3) is 0.423. The number of carboxylic acids is 1. The quantitative estimate of drug-likeness (QED) is 0.639. The maximum atomic E-state index is 10.7. The van der Waals surface area contributed by atoms with Gasteiger partial charge in [-0.15, -0.1) is 0 Å². The molecule has 4 saturated carbocycles. The minimum Gasteiger partial charge on any atom is -0.496 e. The van der Waals surface area contributed by atoms with Gasteiger partial charge < -0.3 is 9.84 Å². The Balaban J connectivity index is 1.46. The summed E-state index contributed by atoms with van der Waals surface area (Å²) in [6.07, 6.45) is 9.86. The minimum atomic E-state index is -0.926. The Morgan fingerprint density at radius 2 is 1.55 bits per heavy atom. The van der Waals surface area contributed by atoms with Crippen molar-refractivity contribution in [2.24, 2.45) is 23.7 Å². The molecule has 3 nitrogen and oxygen atoms in total. The van der Waals surface area contributed by atoms with Crippen molar-refractivity contribution in [3.63, 3.8) is 0 Å². The standard InChI is InChI=1S/C26H28O3/c1-29-24-8-7-20(19-5-2-16(3-6-19)4-9-25(27)28)15-23(24)26-21-11-17-10-18(13-21)14-22(26)12-17/h2-9,15,17-18,21-22,26H,10-14H2,1H3,(H,27,28)/b9-4+. The Hall–Kier alpha value is -2.55. The molecule has 3 heteroatoms. The molecular weight excluding hydrogens is 360 g/mol. The molecule has 0 aliphatic heterocycles. The van der Waals surface area contributed by atoms with Crippen molar-refractivity contribution >= 4 is 12.0 Å². The van der Waals surface area contributed by atoms with Gasteiger partial charge in [0.15, 0.2) is 0 Å². The molecule has 2 aromatic rings. The van der Waals surface area contributed by atoms with E-state index in [9.17, 15) is 4.79 Å². The summed E-state index contributed by atoms with van der Waals surface area (Å²) in [5.41, 5.74) is 4.66. The monoisotopic (exact) mass is 388 g/mol. The van der Waals surface area contributed by atoms with Crippen molar-refractivity contribution in [2.45, 2.75) is 38.0 Å². The van der Waals surface area contributed by atoms with Crippen molar-refractivity contribution < 1.29 is 14.6 Å². The van der Waals surface area contributed by atoms with Gasteiger partial charge in [0.05, 0.1) is 7.11 Å². The van der Waals surface area contributed by atoms with Gasteiger partial charge in [-0.2, -0.15) is 0 Å². The number of hydrogen-bond donors (Lipinski definition) is 1.